The van der Waals surface area contributed by atoms with E-state index in [2.05, 4.69) is 71.7 Å². The van der Waals surface area contributed by atoms with Crippen LogP contribution in [-0.2, 0) is 20.1 Å². The molecule has 28 heavy (non-hydrogen) atoms. The van der Waals surface area contributed by atoms with Crippen molar-refractivity contribution in [1.29, 1.82) is 0 Å². The van der Waals surface area contributed by atoms with E-state index in [0.29, 0.717) is 12.6 Å². The number of hydrogen-bond donors (Lipinski definition) is 2. The summed E-state index contributed by atoms with van der Waals surface area (Å²) in [5, 5.41) is 11.5. The Morgan fingerprint density at radius 3 is 2.50 bits per heavy atom. The number of aliphatic imine (C=N–C) groups is 1. The zero-order chi connectivity index (χ0) is 19.9. The summed E-state index contributed by atoms with van der Waals surface area (Å²) >= 11 is 0. The average molecular weight is 383 g/mol. The predicted octanol–water partition coefficient (Wildman–Crippen LogP) is 2.76. The van der Waals surface area contributed by atoms with E-state index >= 15 is 0 Å². The average Bonchev–Trinajstić information content (AvgIpc) is 2.94. The van der Waals surface area contributed by atoms with Gasteiger partial charge < -0.3 is 10.6 Å². The summed E-state index contributed by atoms with van der Waals surface area (Å²) in [6.07, 6.45) is 2.28. The molecule has 6 heteroatoms. The van der Waals surface area contributed by atoms with Gasteiger partial charge in [-0.2, -0.15) is 5.10 Å². The van der Waals surface area contributed by atoms with Gasteiger partial charge in [0.2, 0.25) is 0 Å². The van der Waals surface area contributed by atoms with Crippen molar-refractivity contribution in [3.8, 4) is 0 Å². The number of nitrogens with one attached hydrogen (secondary N) is 2. The third-order valence-electron chi connectivity index (χ3n) is 5.58. The first-order valence-electron chi connectivity index (χ1n) is 10.4. The fourth-order valence-corrected chi connectivity index (χ4v) is 3.79. The van der Waals surface area contributed by atoms with E-state index in [1.54, 1.807) is 0 Å². The highest BCUT2D eigenvalue weighted by atomic mass is 15.3. The number of guanidine groups is 1. The molecular formula is C22H34N6. The van der Waals surface area contributed by atoms with Crippen LogP contribution in [0, 0.1) is 13.8 Å². The van der Waals surface area contributed by atoms with Crippen molar-refractivity contribution in [2.24, 2.45) is 12.0 Å². The minimum Gasteiger partial charge on any atom is -0.357 e. The van der Waals surface area contributed by atoms with Crippen molar-refractivity contribution >= 4 is 5.96 Å². The van der Waals surface area contributed by atoms with E-state index in [9.17, 15) is 0 Å². The highest BCUT2D eigenvalue weighted by molar-refractivity contribution is 5.80. The monoisotopic (exact) mass is 382 g/mol. The lowest BCUT2D eigenvalue weighted by molar-refractivity contribution is 0.198. The predicted molar refractivity (Wildman–Crippen MR) is 115 cm³/mol. The second-order valence-corrected chi connectivity index (χ2v) is 7.65. The Bertz CT molecular complexity index is 772. The second kappa shape index (κ2) is 9.73. The van der Waals surface area contributed by atoms with Gasteiger partial charge in [0, 0.05) is 50.5 Å². The molecule has 1 fully saturated rings. The molecule has 0 unspecified atom stereocenters. The molecule has 1 aliphatic rings. The Hall–Kier alpha value is -2.34. The summed E-state index contributed by atoms with van der Waals surface area (Å²) in [6.45, 7) is 11.1. The number of piperidine rings is 1. The van der Waals surface area contributed by atoms with E-state index < -0.39 is 0 Å². The first-order chi connectivity index (χ1) is 13.6. The van der Waals surface area contributed by atoms with Crippen LogP contribution in [0.5, 0.6) is 0 Å². The summed E-state index contributed by atoms with van der Waals surface area (Å²) in [4.78, 5) is 7.37. The molecule has 0 spiro atoms. The van der Waals surface area contributed by atoms with Crippen molar-refractivity contribution in [1.82, 2.24) is 25.3 Å². The van der Waals surface area contributed by atoms with Crippen LogP contribution in [0.3, 0.4) is 0 Å². The molecule has 2 aromatic rings. The van der Waals surface area contributed by atoms with Gasteiger partial charge in [0.15, 0.2) is 5.96 Å². The molecule has 1 saturated heterocycles. The van der Waals surface area contributed by atoms with Gasteiger partial charge in [-0.1, -0.05) is 30.3 Å². The maximum Gasteiger partial charge on any atom is 0.191 e. The fraction of sp³-hybridized carbons (Fsp3) is 0.545. The van der Waals surface area contributed by atoms with Crippen LogP contribution >= 0.6 is 0 Å². The molecule has 0 atom stereocenters. The molecule has 0 radical (unpaired) electrons. The zero-order valence-corrected chi connectivity index (χ0v) is 17.7. The van der Waals surface area contributed by atoms with Gasteiger partial charge in [0.05, 0.1) is 12.2 Å². The highest BCUT2D eigenvalue weighted by Crippen LogP contribution is 2.15. The Morgan fingerprint density at radius 1 is 1.18 bits per heavy atom. The number of benzene rings is 1. The minimum atomic E-state index is 0.473. The van der Waals surface area contributed by atoms with Crippen molar-refractivity contribution in [3.05, 3.63) is 52.8 Å². The van der Waals surface area contributed by atoms with Gasteiger partial charge in [0.25, 0.3) is 0 Å². The van der Waals surface area contributed by atoms with E-state index in [4.69, 9.17) is 4.99 Å². The number of aromatic nitrogens is 2. The number of likely N-dealkylation sites (tertiary alicyclic amines) is 1. The van der Waals surface area contributed by atoms with Crippen molar-refractivity contribution in [2.45, 2.75) is 52.7 Å². The molecule has 0 saturated carbocycles. The van der Waals surface area contributed by atoms with Crippen LogP contribution in [0.2, 0.25) is 0 Å². The molecule has 3 rings (SSSR count). The molecule has 6 nitrogen and oxygen atoms in total. The SMILES string of the molecule is CCNC(=NCc1c(C)nn(C)c1C)NC1CCN(Cc2ccccc2)CC1. The summed E-state index contributed by atoms with van der Waals surface area (Å²) < 4.78 is 1.93. The van der Waals surface area contributed by atoms with E-state index in [0.717, 1.165) is 50.7 Å². The second-order valence-electron chi connectivity index (χ2n) is 7.65. The van der Waals surface area contributed by atoms with Gasteiger partial charge >= 0.3 is 0 Å². The smallest absolute Gasteiger partial charge is 0.191 e. The van der Waals surface area contributed by atoms with Crippen LogP contribution in [0.25, 0.3) is 0 Å². The summed E-state index contributed by atoms with van der Waals surface area (Å²) in [5.74, 6) is 0.909. The molecule has 2 heterocycles. The summed E-state index contributed by atoms with van der Waals surface area (Å²) in [5.41, 5.74) is 4.86. The van der Waals surface area contributed by atoms with Crippen LogP contribution < -0.4 is 10.6 Å². The molecule has 0 aliphatic carbocycles. The molecule has 0 bridgehead atoms. The Labute approximate surface area is 169 Å². The van der Waals surface area contributed by atoms with E-state index in [1.807, 2.05) is 11.7 Å². The standard InChI is InChI=1S/C22H34N6/c1-5-23-22(24-15-21-17(2)26-27(4)18(21)3)25-20-11-13-28(14-12-20)16-19-9-7-6-8-10-19/h6-10,20H,5,11-16H2,1-4H3,(H2,23,24,25). The lowest BCUT2D eigenvalue weighted by Crippen LogP contribution is -2.48. The van der Waals surface area contributed by atoms with E-state index in [1.165, 1.54) is 16.8 Å². The summed E-state index contributed by atoms with van der Waals surface area (Å²) in [7, 11) is 1.99. The molecular weight excluding hydrogens is 348 g/mol. The molecule has 1 aromatic carbocycles. The number of aryl methyl sites for hydroxylation is 2. The highest BCUT2D eigenvalue weighted by Gasteiger charge is 2.20. The minimum absolute atomic E-state index is 0.473. The van der Waals surface area contributed by atoms with Gasteiger partial charge in [-0.25, -0.2) is 4.99 Å². The molecule has 0 amide bonds. The van der Waals surface area contributed by atoms with Crippen LogP contribution in [-0.4, -0.2) is 46.3 Å². The van der Waals surface area contributed by atoms with Gasteiger partial charge in [-0.05, 0) is 39.2 Å². The van der Waals surface area contributed by atoms with Crippen molar-refractivity contribution in [2.75, 3.05) is 19.6 Å². The maximum atomic E-state index is 4.83. The Kier molecular flexibility index (Phi) is 7.09. The molecule has 1 aromatic heterocycles. The molecule has 152 valence electrons. The molecule has 2 N–H and O–H groups in total. The topological polar surface area (TPSA) is 57.5 Å². The molecule has 1 aliphatic heterocycles. The van der Waals surface area contributed by atoms with Crippen LogP contribution in [0.15, 0.2) is 35.3 Å². The largest absolute Gasteiger partial charge is 0.357 e. The third kappa shape index (κ3) is 5.35. The lowest BCUT2D eigenvalue weighted by Gasteiger charge is -2.33. The first-order valence-corrected chi connectivity index (χ1v) is 10.4. The number of rotatable bonds is 6. The third-order valence-corrected chi connectivity index (χ3v) is 5.58. The van der Waals surface area contributed by atoms with Crippen LogP contribution in [0.4, 0.5) is 0 Å². The normalized spacial score (nSPS) is 16.4. The first kappa shape index (κ1) is 20.4. The number of nitrogens with zero attached hydrogens (tertiary/aromatic N) is 4. The zero-order valence-electron chi connectivity index (χ0n) is 17.7. The van der Waals surface area contributed by atoms with Crippen molar-refractivity contribution in [3.63, 3.8) is 0 Å². The van der Waals surface area contributed by atoms with Crippen LogP contribution in [0.1, 0.15) is 42.3 Å². The Balaban J connectivity index is 1.53. The van der Waals surface area contributed by atoms with E-state index in [-0.39, 0.29) is 0 Å². The quantitative estimate of drug-likeness (QED) is 0.596. The maximum absolute atomic E-state index is 4.83. The van der Waals surface area contributed by atoms with Gasteiger partial charge in [-0.3, -0.25) is 9.58 Å². The summed E-state index contributed by atoms with van der Waals surface area (Å²) in [6, 6.07) is 11.2. The fourth-order valence-electron chi connectivity index (χ4n) is 3.79. The number of hydrogen-bond acceptors (Lipinski definition) is 3. The van der Waals surface area contributed by atoms with Crippen molar-refractivity contribution < 1.29 is 0 Å². The van der Waals surface area contributed by atoms with Gasteiger partial charge in [0.1, 0.15) is 0 Å². The Morgan fingerprint density at radius 2 is 1.89 bits per heavy atom. The lowest BCUT2D eigenvalue weighted by atomic mass is 10.0. The van der Waals surface area contributed by atoms with Gasteiger partial charge in [-0.15, -0.1) is 0 Å².